The number of primary amides is 1. The van der Waals surface area contributed by atoms with E-state index >= 15 is 0 Å². The average Bonchev–Trinajstić information content (AvgIpc) is 3.07. The number of thiol groups is 1. The van der Waals surface area contributed by atoms with E-state index in [0.717, 1.165) is 0 Å². The maximum Gasteiger partial charge on any atom is 0.243 e. The second kappa shape index (κ2) is 20.5. The molecule has 0 heterocycles. The van der Waals surface area contributed by atoms with Crippen LogP contribution in [0.2, 0.25) is 0 Å². The summed E-state index contributed by atoms with van der Waals surface area (Å²) < 4.78 is 0. The van der Waals surface area contributed by atoms with Crippen molar-refractivity contribution in [3.05, 3.63) is 59.7 Å². The summed E-state index contributed by atoms with van der Waals surface area (Å²) in [5, 5.41) is 31.9. The van der Waals surface area contributed by atoms with Gasteiger partial charge in [-0.1, -0.05) is 30.7 Å². The lowest BCUT2D eigenvalue weighted by Crippen LogP contribution is -2.59. The topological polar surface area (TPSA) is 281 Å². The Morgan fingerprint density at radius 2 is 1.16 bits per heavy atom. The predicted octanol–water partition coefficient (Wildman–Crippen LogP) is -2.17. The van der Waals surface area contributed by atoms with E-state index < -0.39 is 72.2 Å². The van der Waals surface area contributed by atoms with Crippen molar-refractivity contribution in [1.29, 1.82) is 0 Å². The molecule has 268 valence electrons. The highest BCUT2D eigenvalue weighted by Gasteiger charge is 2.30. The van der Waals surface area contributed by atoms with E-state index in [1.807, 2.05) is 0 Å². The number of aromatic hydroxyl groups is 2. The molecule has 0 radical (unpaired) electrons. The van der Waals surface area contributed by atoms with Gasteiger partial charge in [0.05, 0.1) is 12.6 Å². The van der Waals surface area contributed by atoms with Gasteiger partial charge in [0.1, 0.15) is 35.7 Å². The number of phenolic OH excluding ortho intramolecular Hbond substituents is 2. The summed E-state index contributed by atoms with van der Waals surface area (Å²) in [6.07, 6.45) is 1.58. The lowest BCUT2D eigenvalue weighted by Gasteiger charge is -2.25. The molecule has 0 aromatic heterocycles. The minimum atomic E-state index is -1.26. The molecule has 2 aromatic carbocycles. The monoisotopic (exact) mass is 702 g/mol. The number of hydrogen-bond donors (Lipinski definition) is 11. The summed E-state index contributed by atoms with van der Waals surface area (Å²) in [6, 6.07) is 6.19. The van der Waals surface area contributed by atoms with Crippen LogP contribution in [0.5, 0.6) is 11.5 Å². The Labute approximate surface area is 289 Å². The molecule has 6 amide bonds. The molecule has 0 aliphatic heterocycles. The first-order valence-corrected chi connectivity index (χ1v) is 16.3. The molecule has 0 aliphatic carbocycles. The molecule has 2 aromatic rings. The van der Waals surface area contributed by atoms with Gasteiger partial charge in [-0.25, -0.2) is 0 Å². The van der Waals surface area contributed by atoms with Crippen LogP contribution in [0.4, 0.5) is 0 Å². The quantitative estimate of drug-likeness (QED) is 0.0525. The molecule has 17 heteroatoms. The lowest BCUT2D eigenvalue weighted by atomic mass is 10.0. The number of carbonyl (C=O) groups is 6. The third-order valence-electron chi connectivity index (χ3n) is 7.33. The summed E-state index contributed by atoms with van der Waals surface area (Å²) in [5.74, 6) is -4.48. The zero-order chi connectivity index (χ0) is 36.5. The molecule has 2 rings (SSSR count). The first kappa shape index (κ1) is 40.3. The van der Waals surface area contributed by atoms with Crippen LogP contribution in [-0.4, -0.2) is 94.7 Å². The van der Waals surface area contributed by atoms with Gasteiger partial charge in [0.15, 0.2) is 0 Å². The number of carbonyl (C=O) groups excluding carboxylic acids is 6. The molecule has 0 spiro atoms. The van der Waals surface area contributed by atoms with E-state index in [0.29, 0.717) is 36.9 Å². The van der Waals surface area contributed by atoms with Gasteiger partial charge in [-0.05, 0) is 61.7 Å². The number of hydrogen-bond acceptors (Lipinski definition) is 11. The standard InChI is InChI=1S/C32H46N8O8S/c1-18(37-31(47)24(14-19-5-9-21(41)10-6-19)39-29(45)23(34)4-2-3-13-33)28(44)38-25(15-20-7-11-22(42)12-8-20)32(48)40-26(17-49)30(46)36-16-27(35)43/h5-12,18,23-26,41-42,49H,2-4,13-17,33-34H2,1H3,(H2,35,43)(H,36,46)(H,37,47)(H,38,44)(H,39,45)(H,40,48)/t18-,23-,24-,25-,26-/m0/s1. The highest BCUT2D eigenvalue weighted by Crippen LogP contribution is 2.13. The van der Waals surface area contributed by atoms with Gasteiger partial charge in [-0.15, -0.1) is 0 Å². The first-order chi connectivity index (χ1) is 23.2. The second-order valence-electron chi connectivity index (χ2n) is 11.4. The Hall–Kier alpha value is -4.87. The van der Waals surface area contributed by atoms with E-state index in [1.54, 1.807) is 24.3 Å². The zero-order valence-electron chi connectivity index (χ0n) is 27.2. The number of phenols is 2. The third-order valence-corrected chi connectivity index (χ3v) is 7.69. The molecule has 0 unspecified atom stereocenters. The van der Waals surface area contributed by atoms with Crippen LogP contribution in [0.15, 0.2) is 48.5 Å². The molecule has 0 saturated heterocycles. The molecule has 0 aliphatic rings. The summed E-state index contributed by atoms with van der Waals surface area (Å²) in [7, 11) is 0. The van der Waals surface area contributed by atoms with Gasteiger partial charge >= 0.3 is 0 Å². The summed E-state index contributed by atoms with van der Waals surface area (Å²) in [6.45, 7) is 1.37. The second-order valence-corrected chi connectivity index (χ2v) is 11.8. The Kier molecular flexibility index (Phi) is 16.9. The highest BCUT2D eigenvalue weighted by molar-refractivity contribution is 7.80. The number of rotatable bonds is 20. The predicted molar refractivity (Wildman–Crippen MR) is 184 cm³/mol. The minimum Gasteiger partial charge on any atom is -0.508 e. The number of amides is 6. The SMILES string of the molecule is C[C@H](NC(=O)[C@H](Cc1ccc(O)cc1)NC(=O)[C@@H](N)CCCCN)C(=O)N[C@@H](Cc1ccc(O)cc1)C(=O)N[C@@H](CS)C(=O)NCC(N)=O. The molecular formula is C32H46N8O8S. The average molecular weight is 703 g/mol. The summed E-state index contributed by atoms with van der Waals surface area (Å²) in [4.78, 5) is 76.6. The number of unbranched alkanes of at least 4 members (excludes halogenated alkanes) is 1. The van der Waals surface area contributed by atoms with Crippen LogP contribution in [0.3, 0.4) is 0 Å². The number of nitrogens with one attached hydrogen (secondary N) is 5. The van der Waals surface area contributed by atoms with Crippen LogP contribution in [0, 0.1) is 0 Å². The van der Waals surface area contributed by atoms with Crippen molar-refractivity contribution in [2.45, 2.75) is 69.2 Å². The fourth-order valence-corrected chi connectivity index (χ4v) is 4.77. The lowest BCUT2D eigenvalue weighted by molar-refractivity contribution is -0.134. The van der Waals surface area contributed by atoms with Crippen molar-refractivity contribution in [2.75, 3.05) is 18.8 Å². The zero-order valence-corrected chi connectivity index (χ0v) is 28.1. The smallest absolute Gasteiger partial charge is 0.243 e. The Balaban J connectivity index is 2.21. The normalized spacial score (nSPS) is 13.9. The van der Waals surface area contributed by atoms with E-state index in [1.165, 1.54) is 31.2 Å². The largest absolute Gasteiger partial charge is 0.508 e. The van der Waals surface area contributed by atoms with Gasteiger partial charge in [-0.2, -0.15) is 12.6 Å². The van der Waals surface area contributed by atoms with E-state index in [-0.39, 0.29) is 30.1 Å². The molecule has 0 bridgehead atoms. The van der Waals surface area contributed by atoms with Crippen LogP contribution < -0.4 is 43.8 Å². The Morgan fingerprint density at radius 3 is 1.63 bits per heavy atom. The van der Waals surface area contributed by atoms with Crippen molar-refractivity contribution in [3.63, 3.8) is 0 Å². The first-order valence-electron chi connectivity index (χ1n) is 15.6. The van der Waals surface area contributed by atoms with Crippen LogP contribution in [0.1, 0.15) is 37.3 Å². The van der Waals surface area contributed by atoms with Gasteiger partial charge in [-0.3, -0.25) is 28.8 Å². The Morgan fingerprint density at radius 1 is 0.694 bits per heavy atom. The molecule has 13 N–H and O–H groups in total. The Bertz CT molecular complexity index is 1430. The maximum absolute atomic E-state index is 13.5. The summed E-state index contributed by atoms with van der Waals surface area (Å²) in [5.41, 5.74) is 17.8. The molecule has 5 atom stereocenters. The van der Waals surface area contributed by atoms with E-state index in [4.69, 9.17) is 17.2 Å². The fourth-order valence-electron chi connectivity index (χ4n) is 4.51. The van der Waals surface area contributed by atoms with Crippen molar-refractivity contribution >= 4 is 48.1 Å². The number of benzene rings is 2. The summed E-state index contributed by atoms with van der Waals surface area (Å²) >= 11 is 4.10. The van der Waals surface area contributed by atoms with Crippen LogP contribution in [0.25, 0.3) is 0 Å². The van der Waals surface area contributed by atoms with Gasteiger partial charge in [0.25, 0.3) is 0 Å². The van der Waals surface area contributed by atoms with Crippen molar-refractivity contribution in [1.82, 2.24) is 26.6 Å². The molecule has 49 heavy (non-hydrogen) atoms. The van der Waals surface area contributed by atoms with Crippen LogP contribution >= 0.6 is 12.6 Å². The molecular weight excluding hydrogens is 656 g/mol. The van der Waals surface area contributed by atoms with Gasteiger partial charge in [0, 0.05) is 18.6 Å². The van der Waals surface area contributed by atoms with Crippen molar-refractivity contribution in [2.24, 2.45) is 17.2 Å². The maximum atomic E-state index is 13.5. The number of nitrogens with two attached hydrogens (primary N) is 3. The van der Waals surface area contributed by atoms with Gasteiger partial charge < -0.3 is 54.0 Å². The van der Waals surface area contributed by atoms with E-state index in [2.05, 4.69) is 39.2 Å². The minimum absolute atomic E-state index is 0.0104. The van der Waals surface area contributed by atoms with Crippen LogP contribution in [-0.2, 0) is 41.6 Å². The fraction of sp³-hybridized carbons (Fsp3) is 0.438. The van der Waals surface area contributed by atoms with Gasteiger partial charge in [0.2, 0.25) is 35.4 Å². The molecule has 16 nitrogen and oxygen atoms in total. The van der Waals surface area contributed by atoms with Crippen molar-refractivity contribution in [3.8, 4) is 11.5 Å². The highest BCUT2D eigenvalue weighted by atomic mass is 32.1. The third kappa shape index (κ3) is 14.4. The molecule has 0 saturated carbocycles. The van der Waals surface area contributed by atoms with Crippen molar-refractivity contribution < 1.29 is 39.0 Å². The molecule has 0 fully saturated rings. The van der Waals surface area contributed by atoms with E-state index in [9.17, 15) is 39.0 Å².